The second-order valence-corrected chi connectivity index (χ2v) is 11.9. The first-order valence-electron chi connectivity index (χ1n) is 9.04. The molecular formula is C17H20F2N4O3S4. The van der Waals surface area contributed by atoms with Crippen molar-refractivity contribution in [3.05, 3.63) is 24.3 Å². The van der Waals surface area contributed by atoms with Gasteiger partial charge in [0.2, 0.25) is 11.0 Å². The maximum absolute atomic E-state index is 12.5. The number of halogens is 2. The van der Waals surface area contributed by atoms with Gasteiger partial charge in [-0.3, -0.25) is 4.79 Å². The molecule has 0 bridgehead atoms. The molecule has 1 unspecified atom stereocenters. The summed E-state index contributed by atoms with van der Waals surface area (Å²) in [5, 5.41) is 11.6. The highest BCUT2D eigenvalue weighted by Crippen LogP contribution is 2.30. The highest BCUT2D eigenvalue weighted by molar-refractivity contribution is 8.01. The van der Waals surface area contributed by atoms with Crippen LogP contribution in [0.1, 0.15) is 13.3 Å². The van der Waals surface area contributed by atoms with E-state index in [1.165, 1.54) is 23.1 Å². The molecule has 1 N–H and O–H groups in total. The number of anilines is 2. The Balaban J connectivity index is 1.52. The van der Waals surface area contributed by atoms with Crippen LogP contribution in [0.3, 0.4) is 0 Å². The van der Waals surface area contributed by atoms with Crippen LogP contribution in [0, 0.1) is 0 Å². The normalized spacial score (nSPS) is 17.9. The number of alkyl halides is 2. The van der Waals surface area contributed by atoms with Gasteiger partial charge in [-0.05, 0) is 37.6 Å². The maximum Gasteiger partial charge on any atom is 0.288 e. The number of hydrogen-bond acceptors (Lipinski definition) is 9. The summed E-state index contributed by atoms with van der Waals surface area (Å²) in [7, 11) is -3.05. The van der Waals surface area contributed by atoms with Gasteiger partial charge in [-0.2, -0.15) is 8.78 Å². The van der Waals surface area contributed by atoms with E-state index in [0.29, 0.717) is 44.8 Å². The number of carbonyl (C=O) groups excluding carboxylic acids is 1. The Kier molecular flexibility index (Phi) is 7.93. The molecule has 1 aliphatic rings. The summed E-state index contributed by atoms with van der Waals surface area (Å²) in [5.41, 5.74) is 0.692. The van der Waals surface area contributed by atoms with Crippen molar-refractivity contribution in [1.29, 1.82) is 0 Å². The van der Waals surface area contributed by atoms with Crippen LogP contribution >= 0.6 is 34.9 Å². The van der Waals surface area contributed by atoms with Gasteiger partial charge in [-0.15, -0.1) is 10.2 Å². The second kappa shape index (κ2) is 10.2. The van der Waals surface area contributed by atoms with Crippen LogP contribution in [0.25, 0.3) is 0 Å². The third kappa shape index (κ3) is 6.53. The molecule has 0 radical (unpaired) electrons. The summed E-state index contributed by atoms with van der Waals surface area (Å²) in [6, 6.07) is 6.29. The van der Waals surface area contributed by atoms with Gasteiger partial charge in [0, 0.05) is 23.2 Å². The highest BCUT2D eigenvalue weighted by atomic mass is 32.2. The zero-order valence-electron chi connectivity index (χ0n) is 16.0. The van der Waals surface area contributed by atoms with Crippen LogP contribution < -0.4 is 5.32 Å². The molecular weight excluding hydrogens is 474 g/mol. The minimum absolute atomic E-state index is 0.0265. The SMILES string of the molecule is CCN(C(=O)CSc1nnc(Nc2ccc(SC(F)F)cc2)s1)C1CCS(=O)(=O)C1. The van der Waals surface area contributed by atoms with Crippen molar-refractivity contribution in [3.8, 4) is 0 Å². The minimum atomic E-state index is -3.05. The molecule has 1 amide bonds. The lowest BCUT2D eigenvalue weighted by Crippen LogP contribution is -2.41. The topological polar surface area (TPSA) is 92.3 Å². The number of rotatable bonds is 9. The zero-order valence-corrected chi connectivity index (χ0v) is 19.2. The lowest BCUT2D eigenvalue weighted by molar-refractivity contribution is -0.129. The number of sulfone groups is 1. The molecule has 2 heterocycles. The third-order valence-corrected chi connectivity index (χ3v) is 8.80. The molecule has 13 heteroatoms. The number of hydrogen-bond donors (Lipinski definition) is 1. The predicted octanol–water partition coefficient (Wildman–Crippen LogP) is 3.72. The van der Waals surface area contributed by atoms with E-state index in [9.17, 15) is 22.0 Å². The number of aromatic nitrogens is 2. The molecule has 1 aromatic heterocycles. The van der Waals surface area contributed by atoms with Crippen LogP contribution in [-0.4, -0.2) is 65.0 Å². The number of carbonyl (C=O) groups is 1. The van der Waals surface area contributed by atoms with E-state index in [2.05, 4.69) is 15.5 Å². The van der Waals surface area contributed by atoms with Crippen molar-refractivity contribution in [2.45, 2.75) is 34.4 Å². The Hall–Kier alpha value is -1.44. The molecule has 0 spiro atoms. The van der Waals surface area contributed by atoms with Gasteiger partial charge in [0.05, 0.1) is 17.3 Å². The quantitative estimate of drug-likeness (QED) is 0.528. The molecule has 1 atom stereocenters. The van der Waals surface area contributed by atoms with Crippen molar-refractivity contribution in [2.75, 3.05) is 29.1 Å². The molecule has 7 nitrogen and oxygen atoms in total. The number of benzene rings is 1. The van der Waals surface area contributed by atoms with Crippen molar-refractivity contribution in [3.63, 3.8) is 0 Å². The summed E-state index contributed by atoms with van der Waals surface area (Å²) in [6.45, 7) is 2.30. The van der Waals surface area contributed by atoms with Gasteiger partial charge in [0.1, 0.15) is 0 Å². The third-order valence-electron chi connectivity index (χ3n) is 4.37. The Morgan fingerprint density at radius 2 is 2.07 bits per heavy atom. The summed E-state index contributed by atoms with van der Waals surface area (Å²) in [4.78, 5) is 14.6. The van der Waals surface area contributed by atoms with E-state index in [-0.39, 0.29) is 29.2 Å². The zero-order chi connectivity index (χ0) is 21.7. The fraction of sp³-hybridized carbons (Fsp3) is 0.471. The predicted molar refractivity (Wildman–Crippen MR) is 117 cm³/mol. The fourth-order valence-electron chi connectivity index (χ4n) is 3.03. The van der Waals surface area contributed by atoms with Crippen LogP contribution in [0.4, 0.5) is 19.6 Å². The smallest absolute Gasteiger partial charge is 0.288 e. The van der Waals surface area contributed by atoms with Gasteiger partial charge in [0.25, 0.3) is 5.76 Å². The van der Waals surface area contributed by atoms with Gasteiger partial charge in [0.15, 0.2) is 14.2 Å². The number of nitrogens with zero attached hydrogens (tertiary/aromatic N) is 3. The van der Waals surface area contributed by atoms with E-state index in [4.69, 9.17) is 0 Å². The van der Waals surface area contributed by atoms with E-state index in [1.807, 2.05) is 6.92 Å². The lowest BCUT2D eigenvalue weighted by atomic mass is 10.2. The first-order valence-corrected chi connectivity index (χ1v) is 13.5. The van der Waals surface area contributed by atoms with Gasteiger partial charge >= 0.3 is 0 Å². The molecule has 1 aliphatic heterocycles. The molecule has 1 fully saturated rings. The molecule has 3 rings (SSSR count). The molecule has 0 aliphatic carbocycles. The molecule has 0 saturated carbocycles. The van der Waals surface area contributed by atoms with Gasteiger partial charge in [-0.1, -0.05) is 34.9 Å². The molecule has 2 aromatic rings. The van der Waals surface area contributed by atoms with Gasteiger partial charge < -0.3 is 10.2 Å². The van der Waals surface area contributed by atoms with E-state index < -0.39 is 15.6 Å². The Morgan fingerprint density at radius 1 is 1.33 bits per heavy atom. The summed E-state index contributed by atoms with van der Waals surface area (Å²) < 4.78 is 48.7. The average Bonchev–Trinajstić information content (AvgIpc) is 3.28. The Labute approximate surface area is 185 Å². The van der Waals surface area contributed by atoms with E-state index in [1.54, 1.807) is 29.2 Å². The van der Waals surface area contributed by atoms with E-state index in [0.717, 1.165) is 0 Å². The van der Waals surface area contributed by atoms with Crippen LogP contribution in [0.5, 0.6) is 0 Å². The minimum Gasteiger partial charge on any atom is -0.338 e. The molecule has 1 aromatic carbocycles. The number of amides is 1. The second-order valence-electron chi connectivity index (χ2n) is 6.43. The Morgan fingerprint density at radius 3 is 2.67 bits per heavy atom. The van der Waals surface area contributed by atoms with Crippen LogP contribution in [0.2, 0.25) is 0 Å². The maximum atomic E-state index is 12.5. The molecule has 1 saturated heterocycles. The van der Waals surface area contributed by atoms with Crippen LogP contribution in [0.15, 0.2) is 33.5 Å². The molecule has 164 valence electrons. The highest BCUT2D eigenvalue weighted by Gasteiger charge is 2.33. The van der Waals surface area contributed by atoms with Crippen molar-refractivity contribution >= 4 is 61.4 Å². The standard InChI is InChI=1S/C17H20F2N4O3S4/c1-2-23(12-7-8-30(25,26)10-12)14(24)9-27-17-22-21-16(29-17)20-11-3-5-13(6-4-11)28-15(18)19/h3-6,12,15H,2,7-10H2,1H3,(H,20,21). The van der Waals surface area contributed by atoms with E-state index >= 15 is 0 Å². The summed E-state index contributed by atoms with van der Waals surface area (Å²) in [6.07, 6.45) is 0.480. The number of nitrogens with one attached hydrogen (secondary N) is 1. The van der Waals surface area contributed by atoms with Gasteiger partial charge in [-0.25, -0.2) is 8.42 Å². The van der Waals surface area contributed by atoms with Crippen LogP contribution in [-0.2, 0) is 14.6 Å². The molecule has 30 heavy (non-hydrogen) atoms. The first-order chi connectivity index (χ1) is 14.3. The first kappa shape index (κ1) is 23.2. The van der Waals surface area contributed by atoms with Crippen molar-refractivity contribution < 1.29 is 22.0 Å². The number of thioether (sulfide) groups is 2. The summed E-state index contributed by atoms with van der Waals surface area (Å²) in [5.74, 6) is -2.28. The fourth-order valence-corrected chi connectivity index (χ4v) is 6.92. The Bertz CT molecular complexity index is 970. The monoisotopic (exact) mass is 494 g/mol. The largest absolute Gasteiger partial charge is 0.338 e. The lowest BCUT2D eigenvalue weighted by Gasteiger charge is -2.26. The average molecular weight is 495 g/mol. The van der Waals surface area contributed by atoms with Crippen molar-refractivity contribution in [2.24, 2.45) is 0 Å². The van der Waals surface area contributed by atoms with Crippen molar-refractivity contribution in [1.82, 2.24) is 15.1 Å². The summed E-state index contributed by atoms with van der Waals surface area (Å²) >= 11 is 3.00.